The van der Waals surface area contributed by atoms with E-state index >= 15 is 0 Å². The van der Waals surface area contributed by atoms with E-state index in [-0.39, 0.29) is 17.9 Å². The van der Waals surface area contributed by atoms with Gasteiger partial charge in [-0.25, -0.2) is 0 Å². The summed E-state index contributed by atoms with van der Waals surface area (Å²) in [5.41, 5.74) is 1.02. The fourth-order valence-corrected chi connectivity index (χ4v) is 4.56. The Bertz CT molecular complexity index is 647. The van der Waals surface area contributed by atoms with E-state index in [1.807, 2.05) is 17.0 Å². The molecule has 6 heteroatoms. The Morgan fingerprint density at radius 3 is 2.48 bits per heavy atom. The van der Waals surface area contributed by atoms with Crippen LogP contribution in [0.2, 0.25) is 0 Å². The van der Waals surface area contributed by atoms with Gasteiger partial charge in [0.2, 0.25) is 11.8 Å². The molecule has 1 aliphatic heterocycles. The second-order valence-corrected chi connectivity index (χ2v) is 8.20. The van der Waals surface area contributed by atoms with Gasteiger partial charge in [-0.05, 0) is 43.2 Å². The van der Waals surface area contributed by atoms with E-state index in [4.69, 9.17) is 0 Å². The lowest BCUT2D eigenvalue weighted by molar-refractivity contribution is -0.136. The van der Waals surface area contributed by atoms with E-state index < -0.39 is 0 Å². The Morgan fingerprint density at radius 2 is 1.85 bits per heavy atom. The van der Waals surface area contributed by atoms with Gasteiger partial charge in [0, 0.05) is 51.0 Å². The van der Waals surface area contributed by atoms with Crippen LogP contribution in [0.3, 0.4) is 0 Å². The molecule has 0 radical (unpaired) electrons. The number of nitrogens with one attached hydrogen (secondary N) is 1. The maximum Gasteiger partial charge on any atom is 0.237 e. The molecule has 0 spiro atoms. The van der Waals surface area contributed by atoms with Gasteiger partial charge in [-0.1, -0.05) is 18.9 Å². The summed E-state index contributed by atoms with van der Waals surface area (Å²) in [4.78, 5) is 33.8. The quantitative estimate of drug-likeness (QED) is 0.829. The zero-order valence-electron chi connectivity index (χ0n) is 16.0. The van der Waals surface area contributed by atoms with Crippen LogP contribution in [-0.4, -0.2) is 58.8 Å². The summed E-state index contributed by atoms with van der Waals surface area (Å²) in [7, 11) is 0. The van der Waals surface area contributed by atoms with Crippen molar-refractivity contribution in [2.24, 2.45) is 11.8 Å². The van der Waals surface area contributed by atoms with Crippen molar-refractivity contribution in [2.45, 2.75) is 51.1 Å². The Hall–Kier alpha value is -1.95. The number of hydrogen-bond acceptors (Lipinski definition) is 4. The van der Waals surface area contributed by atoms with Gasteiger partial charge in [-0.3, -0.25) is 19.5 Å². The summed E-state index contributed by atoms with van der Waals surface area (Å²) in [6.07, 6.45) is 10.4. The van der Waals surface area contributed by atoms with Gasteiger partial charge in [0.1, 0.15) is 0 Å². The molecule has 1 N–H and O–H groups in total. The highest BCUT2D eigenvalue weighted by Crippen LogP contribution is 2.33. The fourth-order valence-electron chi connectivity index (χ4n) is 4.56. The summed E-state index contributed by atoms with van der Waals surface area (Å²) >= 11 is 0. The molecule has 1 unspecified atom stereocenters. The van der Waals surface area contributed by atoms with E-state index in [0.29, 0.717) is 18.4 Å². The molecule has 27 heavy (non-hydrogen) atoms. The van der Waals surface area contributed by atoms with Crippen LogP contribution < -0.4 is 5.32 Å². The number of rotatable bonds is 6. The molecule has 146 valence electrons. The number of amides is 2. The Morgan fingerprint density at radius 1 is 1.11 bits per heavy atom. The van der Waals surface area contributed by atoms with Gasteiger partial charge >= 0.3 is 0 Å². The first-order valence-corrected chi connectivity index (χ1v) is 10.4. The fraction of sp³-hybridized carbons (Fsp3) is 0.667. The largest absolute Gasteiger partial charge is 0.351 e. The maximum absolute atomic E-state index is 13.1. The molecule has 0 bridgehead atoms. The molecule has 1 saturated heterocycles. The minimum absolute atomic E-state index is 0.0673. The highest BCUT2D eigenvalue weighted by atomic mass is 16.2. The average Bonchev–Trinajstić information content (AvgIpc) is 3.43. The molecule has 4 rings (SSSR count). The molecule has 2 aliphatic carbocycles. The summed E-state index contributed by atoms with van der Waals surface area (Å²) in [6, 6.07) is 3.81. The van der Waals surface area contributed by atoms with Crippen LogP contribution in [0.5, 0.6) is 0 Å². The molecule has 0 aromatic carbocycles. The molecule has 3 fully saturated rings. The first kappa shape index (κ1) is 18.4. The second-order valence-electron chi connectivity index (χ2n) is 8.20. The zero-order valence-corrected chi connectivity index (χ0v) is 16.0. The third kappa shape index (κ3) is 4.49. The minimum Gasteiger partial charge on any atom is -0.351 e. The van der Waals surface area contributed by atoms with E-state index in [0.717, 1.165) is 57.4 Å². The molecular formula is C21H30N4O2. The lowest BCUT2D eigenvalue weighted by Crippen LogP contribution is -2.58. The molecule has 6 nitrogen and oxygen atoms in total. The zero-order chi connectivity index (χ0) is 18.6. The Labute approximate surface area is 161 Å². The number of pyridine rings is 1. The molecule has 1 atom stereocenters. The van der Waals surface area contributed by atoms with Gasteiger partial charge in [0.15, 0.2) is 0 Å². The average molecular weight is 370 g/mol. The van der Waals surface area contributed by atoms with Gasteiger partial charge in [0.05, 0.1) is 6.04 Å². The maximum atomic E-state index is 13.1. The molecular weight excluding hydrogens is 340 g/mol. The first-order chi connectivity index (χ1) is 13.2. The number of piperazine rings is 1. The summed E-state index contributed by atoms with van der Waals surface area (Å²) in [5.74, 6) is 1.18. The van der Waals surface area contributed by atoms with Gasteiger partial charge in [-0.2, -0.15) is 0 Å². The topological polar surface area (TPSA) is 65.5 Å². The number of carbonyl (C=O) groups is 2. The van der Waals surface area contributed by atoms with Crippen LogP contribution in [0.4, 0.5) is 0 Å². The number of hydrogen-bond donors (Lipinski definition) is 1. The van der Waals surface area contributed by atoms with Crippen molar-refractivity contribution >= 4 is 11.8 Å². The number of aromatic nitrogens is 1. The monoisotopic (exact) mass is 370 g/mol. The van der Waals surface area contributed by atoms with E-state index in [2.05, 4.69) is 15.2 Å². The van der Waals surface area contributed by atoms with Gasteiger partial charge in [0.25, 0.3) is 0 Å². The van der Waals surface area contributed by atoms with Crippen molar-refractivity contribution in [3.8, 4) is 0 Å². The predicted molar refractivity (Wildman–Crippen MR) is 103 cm³/mol. The van der Waals surface area contributed by atoms with Crippen LogP contribution in [-0.2, 0) is 16.1 Å². The lowest BCUT2D eigenvalue weighted by atomic mass is 9.95. The third-order valence-electron chi connectivity index (χ3n) is 6.25. The van der Waals surface area contributed by atoms with Crippen molar-refractivity contribution in [1.82, 2.24) is 20.1 Å². The van der Waals surface area contributed by atoms with Crippen LogP contribution in [0, 0.1) is 11.8 Å². The van der Waals surface area contributed by atoms with E-state index in [1.54, 1.807) is 12.4 Å². The summed E-state index contributed by atoms with van der Waals surface area (Å²) in [5, 5.41) is 3.13. The van der Waals surface area contributed by atoms with Crippen molar-refractivity contribution in [3.63, 3.8) is 0 Å². The van der Waals surface area contributed by atoms with Gasteiger partial charge < -0.3 is 10.2 Å². The molecule has 2 amide bonds. The number of carbonyl (C=O) groups excluding carboxylic acids is 2. The molecule has 2 saturated carbocycles. The van der Waals surface area contributed by atoms with E-state index in [1.165, 1.54) is 12.8 Å². The standard InChI is InChI=1S/C21H30N4O2/c26-20(23-15-16-4-3-9-22-14-16)19(17-5-1-2-6-17)24-10-12-25(13-11-24)21(27)18-7-8-18/h3-4,9,14,17-19H,1-2,5-8,10-13,15H2,(H,23,26). The summed E-state index contributed by atoms with van der Waals surface area (Å²) in [6.45, 7) is 3.65. The summed E-state index contributed by atoms with van der Waals surface area (Å²) < 4.78 is 0. The van der Waals surface area contributed by atoms with Crippen molar-refractivity contribution in [1.29, 1.82) is 0 Å². The Balaban J connectivity index is 1.37. The highest BCUT2D eigenvalue weighted by molar-refractivity contribution is 5.82. The molecule has 1 aromatic rings. The smallest absolute Gasteiger partial charge is 0.237 e. The molecule has 3 aliphatic rings. The van der Waals surface area contributed by atoms with Crippen LogP contribution in [0.1, 0.15) is 44.1 Å². The van der Waals surface area contributed by atoms with Crippen LogP contribution in [0.15, 0.2) is 24.5 Å². The lowest BCUT2D eigenvalue weighted by Gasteiger charge is -2.40. The third-order valence-corrected chi connectivity index (χ3v) is 6.25. The Kier molecular flexibility index (Phi) is 5.72. The van der Waals surface area contributed by atoms with Gasteiger partial charge in [-0.15, -0.1) is 0 Å². The van der Waals surface area contributed by atoms with E-state index in [9.17, 15) is 9.59 Å². The minimum atomic E-state index is -0.0673. The number of nitrogens with zero attached hydrogens (tertiary/aromatic N) is 3. The molecule has 2 heterocycles. The molecule has 1 aromatic heterocycles. The van der Waals surface area contributed by atoms with Crippen molar-refractivity contribution in [3.05, 3.63) is 30.1 Å². The SMILES string of the molecule is O=C(NCc1cccnc1)C(C1CCCC1)N1CCN(C(=O)C2CC2)CC1. The van der Waals surface area contributed by atoms with Crippen LogP contribution in [0.25, 0.3) is 0 Å². The highest BCUT2D eigenvalue weighted by Gasteiger charge is 2.39. The van der Waals surface area contributed by atoms with Crippen molar-refractivity contribution < 1.29 is 9.59 Å². The second kappa shape index (κ2) is 8.38. The predicted octanol–water partition coefficient (Wildman–Crippen LogP) is 1.81. The normalized spacial score (nSPS) is 22.6. The van der Waals surface area contributed by atoms with Crippen molar-refractivity contribution in [2.75, 3.05) is 26.2 Å². The first-order valence-electron chi connectivity index (χ1n) is 10.4. The van der Waals surface area contributed by atoms with Crippen LogP contribution >= 0.6 is 0 Å².